The number of hydrogen-bond donors (Lipinski definition) is 0. The predicted molar refractivity (Wildman–Crippen MR) is 283 cm³/mol. The van der Waals surface area contributed by atoms with E-state index in [0.717, 1.165) is 78.1 Å². The lowest BCUT2D eigenvalue weighted by Crippen LogP contribution is -2.25. The monoisotopic (exact) mass is 875 g/mol. The van der Waals surface area contributed by atoms with E-state index in [9.17, 15) is 0 Å². The Hall–Kier alpha value is -9.23. The molecule has 2 aliphatic rings. The Kier molecular flexibility index (Phi) is 9.45. The van der Waals surface area contributed by atoms with Crippen LogP contribution in [0.25, 0.3) is 106 Å². The van der Waals surface area contributed by atoms with E-state index >= 15 is 0 Å². The zero-order valence-electron chi connectivity index (χ0n) is 37.5. The van der Waals surface area contributed by atoms with Crippen LogP contribution in [0, 0.1) is 6.57 Å². The van der Waals surface area contributed by atoms with Gasteiger partial charge < -0.3 is 0 Å². The van der Waals surface area contributed by atoms with Crippen LogP contribution in [0.1, 0.15) is 22.3 Å². The average molecular weight is 876 g/mol. The smallest absolute Gasteiger partial charge is 0.187 e. The lowest BCUT2D eigenvalue weighted by molar-refractivity contribution is 0.794. The van der Waals surface area contributed by atoms with Gasteiger partial charge in [-0.25, -0.2) is 14.8 Å². The summed E-state index contributed by atoms with van der Waals surface area (Å²) in [7, 11) is 0. The number of nitrogens with zero attached hydrogens (tertiary/aromatic N) is 3. The van der Waals surface area contributed by atoms with Crippen molar-refractivity contribution in [3.63, 3.8) is 0 Å². The molecule has 0 saturated heterocycles. The molecule has 10 aromatic carbocycles. The largest absolute Gasteiger partial charge is 0.238 e. The van der Waals surface area contributed by atoms with Crippen molar-refractivity contribution in [2.75, 3.05) is 0 Å². The van der Waals surface area contributed by atoms with Crippen LogP contribution in [0.3, 0.4) is 0 Å². The fraction of sp³-hybridized carbons (Fsp3) is 0.0152. The van der Waals surface area contributed by atoms with Crippen molar-refractivity contribution in [2.24, 2.45) is 0 Å². The van der Waals surface area contributed by atoms with Crippen molar-refractivity contribution in [3.8, 4) is 101 Å². The highest BCUT2D eigenvalue weighted by atomic mass is 14.9. The second-order valence-corrected chi connectivity index (χ2v) is 18.0. The first-order valence-corrected chi connectivity index (χ1v) is 23.4. The summed E-state index contributed by atoms with van der Waals surface area (Å²) in [5.41, 5.74) is 23.9. The number of hydrogen-bond acceptors (Lipinski definition) is 2. The first-order chi connectivity index (χ1) is 34.1. The molecule has 0 radical (unpaired) electrons. The third kappa shape index (κ3) is 6.65. The lowest BCUT2D eigenvalue weighted by Gasteiger charge is -2.30. The molecule has 3 nitrogen and oxygen atoms in total. The van der Waals surface area contributed by atoms with E-state index in [4.69, 9.17) is 16.5 Å². The normalized spacial score (nSPS) is 12.4. The quantitative estimate of drug-likeness (QED) is 0.149. The highest BCUT2D eigenvalue weighted by Gasteiger charge is 2.51. The SMILES string of the molecule is [C-]#[N+]c1ccc2c(c1)-c1cc(-c3ccc(-c4cccc(-c5cc(-c6cc(-c7ccccc7)cc(-c7ccccc7)c6)nc(-c6ccccc6)n5)c4)cc3)ccc1C21c2ccccc2-c2ccccc21. The maximum Gasteiger partial charge on any atom is 0.187 e. The summed E-state index contributed by atoms with van der Waals surface area (Å²) in [6, 6.07) is 88.7. The van der Waals surface area contributed by atoms with Crippen molar-refractivity contribution in [2.45, 2.75) is 5.41 Å². The first-order valence-electron chi connectivity index (χ1n) is 23.4. The molecule has 13 rings (SSSR count). The number of fused-ring (bicyclic) bond motifs is 10. The number of aromatic nitrogens is 2. The van der Waals surface area contributed by atoms with Gasteiger partial charge in [-0.05, 0) is 131 Å². The van der Waals surface area contributed by atoms with Gasteiger partial charge in [0.2, 0.25) is 0 Å². The van der Waals surface area contributed by atoms with E-state index in [1.807, 2.05) is 24.3 Å². The molecule has 320 valence electrons. The van der Waals surface area contributed by atoms with Crippen LogP contribution < -0.4 is 0 Å². The Morgan fingerprint density at radius 1 is 0.275 bits per heavy atom. The Balaban J connectivity index is 0.882. The minimum atomic E-state index is -0.449. The van der Waals surface area contributed by atoms with Crippen molar-refractivity contribution >= 4 is 5.69 Å². The van der Waals surface area contributed by atoms with Crippen molar-refractivity contribution in [1.29, 1.82) is 0 Å². The van der Waals surface area contributed by atoms with Gasteiger partial charge >= 0.3 is 0 Å². The van der Waals surface area contributed by atoms with E-state index in [1.54, 1.807) is 0 Å². The van der Waals surface area contributed by atoms with Gasteiger partial charge in [-0.3, -0.25) is 0 Å². The van der Waals surface area contributed by atoms with Gasteiger partial charge in [-0.15, -0.1) is 0 Å². The Labute approximate surface area is 402 Å². The maximum atomic E-state index is 7.93. The van der Waals surface area contributed by atoms with Crippen LogP contribution in [0.5, 0.6) is 0 Å². The molecule has 1 aromatic heterocycles. The minimum absolute atomic E-state index is 0.449. The second kappa shape index (κ2) is 16.3. The van der Waals surface area contributed by atoms with E-state index < -0.39 is 5.41 Å². The highest BCUT2D eigenvalue weighted by molar-refractivity contribution is 5.97. The number of rotatable bonds is 7. The van der Waals surface area contributed by atoms with E-state index in [1.165, 1.54) is 38.9 Å². The minimum Gasteiger partial charge on any atom is -0.238 e. The molecule has 3 heteroatoms. The topological polar surface area (TPSA) is 30.1 Å². The van der Waals surface area contributed by atoms with E-state index in [2.05, 4.69) is 229 Å². The third-order valence-electron chi connectivity index (χ3n) is 14.1. The fourth-order valence-corrected chi connectivity index (χ4v) is 10.9. The van der Waals surface area contributed by atoms with Gasteiger partial charge in [-0.1, -0.05) is 206 Å². The fourth-order valence-electron chi connectivity index (χ4n) is 10.9. The molecule has 0 bridgehead atoms. The summed E-state index contributed by atoms with van der Waals surface area (Å²) in [5.74, 6) is 0.679. The first kappa shape index (κ1) is 40.1. The molecule has 0 unspecified atom stereocenters. The zero-order chi connectivity index (χ0) is 45.9. The molecule has 1 heterocycles. The molecule has 0 amide bonds. The van der Waals surface area contributed by atoms with Crippen molar-refractivity contribution < 1.29 is 0 Å². The Bertz CT molecular complexity index is 3730. The predicted octanol–water partition coefficient (Wildman–Crippen LogP) is 17.0. The van der Waals surface area contributed by atoms with E-state index in [-0.39, 0.29) is 0 Å². The summed E-state index contributed by atoms with van der Waals surface area (Å²) in [6.45, 7) is 7.93. The average Bonchev–Trinajstić information content (AvgIpc) is 3.90. The molecule has 0 saturated carbocycles. The van der Waals surface area contributed by atoms with Gasteiger partial charge in [0.05, 0.1) is 23.4 Å². The van der Waals surface area contributed by atoms with Crippen LogP contribution in [0.2, 0.25) is 0 Å². The third-order valence-corrected chi connectivity index (χ3v) is 14.1. The van der Waals surface area contributed by atoms with Crippen molar-refractivity contribution in [3.05, 3.63) is 282 Å². The van der Waals surface area contributed by atoms with Crippen LogP contribution in [-0.4, -0.2) is 9.97 Å². The van der Waals surface area contributed by atoms with Crippen molar-refractivity contribution in [1.82, 2.24) is 9.97 Å². The van der Waals surface area contributed by atoms with Gasteiger partial charge in [0.25, 0.3) is 0 Å². The summed E-state index contributed by atoms with van der Waals surface area (Å²) in [5, 5.41) is 0. The molecule has 1 spiro atoms. The molecule has 0 N–H and O–H groups in total. The summed E-state index contributed by atoms with van der Waals surface area (Å²) in [4.78, 5) is 14.4. The second-order valence-electron chi connectivity index (χ2n) is 18.0. The summed E-state index contributed by atoms with van der Waals surface area (Å²) >= 11 is 0. The molecule has 0 aliphatic heterocycles. The molecule has 2 aliphatic carbocycles. The zero-order valence-corrected chi connectivity index (χ0v) is 37.5. The molecule has 0 atom stereocenters. The highest BCUT2D eigenvalue weighted by Crippen LogP contribution is 2.63. The summed E-state index contributed by atoms with van der Waals surface area (Å²) < 4.78 is 0. The molecule has 11 aromatic rings. The maximum absolute atomic E-state index is 7.93. The molecular weight excluding hydrogens is 835 g/mol. The molecule has 0 fully saturated rings. The molecule has 69 heavy (non-hydrogen) atoms. The van der Waals surface area contributed by atoms with Gasteiger partial charge in [0.1, 0.15) is 0 Å². The Morgan fingerprint density at radius 3 is 1.28 bits per heavy atom. The standard InChI is InChI=1S/C66H41N3/c1-67-54-33-35-62-58(41-54)57-40-49(32-34-61(57)66(62)59-26-13-11-24-55(59)56-25-12-14-27-60(56)66)46-30-28-45(29-31-46)48-22-15-23-50(36-48)63-42-64(69-65(68-63)47-20-9-4-10-21-47)53-38-51(43-16-5-2-6-17-43)37-52(39-53)44-18-7-3-8-19-44/h2-42H. The van der Waals surface area contributed by atoms with Gasteiger partial charge in [0.15, 0.2) is 11.5 Å². The van der Waals surface area contributed by atoms with Gasteiger partial charge in [0, 0.05) is 16.7 Å². The van der Waals surface area contributed by atoms with Gasteiger partial charge in [-0.2, -0.15) is 0 Å². The van der Waals surface area contributed by atoms with E-state index in [0.29, 0.717) is 11.5 Å². The molecular formula is C66H41N3. The van der Waals surface area contributed by atoms with Crippen LogP contribution in [0.15, 0.2) is 249 Å². The van der Waals surface area contributed by atoms with Crippen LogP contribution in [0.4, 0.5) is 5.69 Å². The summed E-state index contributed by atoms with van der Waals surface area (Å²) in [6.07, 6.45) is 0. The van der Waals surface area contributed by atoms with Crippen LogP contribution in [-0.2, 0) is 5.41 Å². The Morgan fingerprint density at radius 2 is 0.681 bits per heavy atom. The van der Waals surface area contributed by atoms with Crippen LogP contribution >= 0.6 is 0 Å². The number of benzene rings is 10. The lowest BCUT2D eigenvalue weighted by atomic mass is 9.70.